The number of benzene rings is 7. The van der Waals surface area contributed by atoms with E-state index in [-0.39, 0.29) is 23.1 Å². The average Bonchev–Trinajstić information content (AvgIpc) is 3.50. The van der Waals surface area contributed by atoms with E-state index in [0.29, 0.717) is 0 Å². The van der Waals surface area contributed by atoms with Crippen molar-refractivity contribution in [3.05, 3.63) is 173 Å². The molecule has 0 saturated carbocycles. The minimum Gasteiger partial charge on any atom is -0.376 e. The van der Waals surface area contributed by atoms with Crippen LogP contribution in [0.1, 0.15) is 108 Å². The molecule has 0 N–H and O–H groups in total. The third-order valence-corrected chi connectivity index (χ3v) is 15.1. The Morgan fingerprint density at radius 2 is 1.25 bits per heavy atom. The number of para-hydroxylation sites is 1. The van der Waals surface area contributed by atoms with E-state index in [1.165, 1.54) is 132 Å². The molecule has 0 saturated heterocycles. The van der Waals surface area contributed by atoms with Crippen LogP contribution in [-0.4, -0.2) is 6.85 Å². The standard InChI is InChI=1S/C58H57BN2/c1-9-10-19-38-26-29-50(42(34-38)39-20-13-11-14-21-39)60-52-33-37(2)32-44-43-35-47-48(57(5,6)31-30-56(47,3)4)36-51(43)61(40-22-15-12-16-23-40)59(54(44)52)49-28-27-46-53(55(49)60)41-24-17-18-25-45(41)58(46,7)8/h11-18,20-29,32-36H,9-10,19,30-31H2,1-8H3. The van der Waals surface area contributed by atoms with E-state index >= 15 is 0 Å². The number of fused-ring (bicyclic) bond motifs is 9. The molecule has 0 fully saturated rings. The van der Waals surface area contributed by atoms with E-state index in [9.17, 15) is 0 Å². The van der Waals surface area contributed by atoms with Gasteiger partial charge in [0.15, 0.2) is 0 Å². The van der Waals surface area contributed by atoms with Crippen LogP contribution in [0.25, 0.3) is 33.4 Å². The molecule has 7 aromatic carbocycles. The minimum absolute atomic E-state index is 0.0466. The van der Waals surface area contributed by atoms with E-state index < -0.39 is 0 Å². The lowest BCUT2D eigenvalue weighted by molar-refractivity contribution is 0.332. The molecule has 0 spiro atoms. The summed E-state index contributed by atoms with van der Waals surface area (Å²) in [5, 5.41) is 0. The number of hydrogen-bond donors (Lipinski definition) is 0. The van der Waals surface area contributed by atoms with Crippen molar-refractivity contribution in [2.24, 2.45) is 0 Å². The number of aryl methyl sites for hydroxylation is 2. The van der Waals surface area contributed by atoms with Crippen molar-refractivity contribution < 1.29 is 0 Å². The zero-order valence-corrected chi connectivity index (χ0v) is 37.3. The predicted molar refractivity (Wildman–Crippen MR) is 262 cm³/mol. The fourth-order valence-electron chi connectivity index (χ4n) is 11.7. The Kier molecular flexibility index (Phi) is 8.51. The van der Waals surface area contributed by atoms with Crippen LogP contribution in [0, 0.1) is 6.92 Å². The molecular weight excluding hydrogens is 735 g/mol. The van der Waals surface area contributed by atoms with Gasteiger partial charge in [-0.25, -0.2) is 0 Å². The first-order valence-corrected chi connectivity index (χ1v) is 22.8. The van der Waals surface area contributed by atoms with Crippen molar-refractivity contribution in [1.82, 2.24) is 0 Å². The zero-order chi connectivity index (χ0) is 42.0. The second-order valence-corrected chi connectivity index (χ2v) is 20.3. The summed E-state index contributed by atoms with van der Waals surface area (Å²) >= 11 is 0. The van der Waals surface area contributed by atoms with Gasteiger partial charge in [0.2, 0.25) is 0 Å². The summed E-state index contributed by atoms with van der Waals surface area (Å²) in [6, 6.07) is 54.2. The SMILES string of the molecule is CCCCc1ccc(N2c3cc(C)cc4c3B(c3ccc5c(c32)-c2ccccc2C5(C)C)N(c2ccccc2)c2cc3c(cc2-4)C(C)(C)CCC3(C)C)c(-c2ccccc2)c1. The number of nitrogens with zero attached hydrogens (tertiary/aromatic N) is 2. The molecule has 0 radical (unpaired) electrons. The summed E-state index contributed by atoms with van der Waals surface area (Å²) in [5.74, 6) is 0. The van der Waals surface area contributed by atoms with Gasteiger partial charge in [0.1, 0.15) is 0 Å². The molecule has 0 aromatic heterocycles. The number of unbranched alkanes of at least 4 members (excludes halogenated alkanes) is 1. The highest BCUT2D eigenvalue weighted by atomic mass is 15.2. The van der Waals surface area contributed by atoms with Gasteiger partial charge in [-0.05, 0) is 147 Å². The van der Waals surface area contributed by atoms with Crippen molar-refractivity contribution in [3.8, 4) is 33.4 Å². The van der Waals surface area contributed by atoms with Crippen molar-refractivity contribution in [2.45, 2.75) is 104 Å². The molecule has 0 atom stereocenters. The van der Waals surface area contributed by atoms with Gasteiger partial charge in [-0.15, -0.1) is 0 Å². The first-order valence-electron chi connectivity index (χ1n) is 22.8. The predicted octanol–water partition coefficient (Wildman–Crippen LogP) is 14.4. The summed E-state index contributed by atoms with van der Waals surface area (Å²) in [6.07, 6.45) is 5.80. The smallest absolute Gasteiger partial charge is 0.333 e. The van der Waals surface area contributed by atoms with E-state index in [2.05, 4.69) is 205 Å². The topological polar surface area (TPSA) is 6.48 Å². The van der Waals surface area contributed by atoms with Crippen LogP contribution < -0.4 is 20.6 Å². The molecule has 2 heterocycles. The Bertz CT molecular complexity index is 2900. The van der Waals surface area contributed by atoms with Gasteiger partial charge in [-0.3, -0.25) is 0 Å². The van der Waals surface area contributed by atoms with Gasteiger partial charge < -0.3 is 9.71 Å². The third-order valence-electron chi connectivity index (χ3n) is 15.1. The van der Waals surface area contributed by atoms with E-state index in [1.807, 2.05) is 0 Å². The molecule has 7 aromatic rings. The van der Waals surface area contributed by atoms with Crippen molar-refractivity contribution >= 4 is 46.2 Å². The van der Waals surface area contributed by atoms with E-state index in [4.69, 9.17) is 0 Å². The number of rotatable bonds is 6. The van der Waals surface area contributed by atoms with Gasteiger partial charge in [-0.1, -0.05) is 152 Å². The summed E-state index contributed by atoms with van der Waals surface area (Å²) < 4.78 is 0. The average molecular weight is 793 g/mol. The highest BCUT2D eigenvalue weighted by Crippen LogP contribution is 2.58. The second kappa shape index (κ2) is 13.6. The Labute approximate surface area is 364 Å². The monoisotopic (exact) mass is 792 g/mol. The third kappa shape index (κ3) is 5.61. The summed E-state index contributed by atoms with van der Waals surface area (Å²) in [4.78, 5) is 5.43. The molecule has 4 aliphatic rings. The number of anilines is 5. The van der Waals surface area contributed by atoms with Gasteiger partial charge in [0, 0.05) is 39.2 Å². The van der Waals surface area contributed by atoms with Crippen LogP contribution in [0.2, 0.25) is 0 Å². The Balaban J connectivity index is 1.30. The lowest BCUT2D eigenvalue weighted by Gasteiger charge is -2.49. The van der Waals surface area contributed by atoms with Gasteiger partial charge in [0.25, 0.3) is 0 Å². The fraction of sp³-hybridized carbons (Fsp3) is 0.276. The molecule has 302 valence electrons. The minimum atomic E-state index is -0.146. The van der Waals surface area contributed by atoms with Crippen LogP contribution in [-0.2, 0) is 22.7 Å². The van der Waals surface area contributed by atoms with Crippen LogP contribution in [0.3, 0.4) is 0 Å². The Hall–Kier alpha value is -5.80. The maximum atomic E-state index is 2.72. The van der Waals surface area contributed by atoms with Gasteiger partial charge in [0.05, 0.1) is 11.4 Å². The van der Waals surface area contributed by atoms with Gasteiger partial charge in [-0.2, -0.15) is 0 Å². The molecule has 61 heavy (non-hydrogen) atoms. The quantitative estimate of drug-likeness (QED) is 0.155. The fourth-order valence-corrected chi connectivity index (χ4v) is 11.7. The first kappa shape index (κ1) is 38.2. The normalized spacial score (nSPS) is 16.9. The molecule has 2 aliphatic carbocycles. The summed E-state index contributed by atoms with van der Waals surface area (Å²) in [6.45, 7) is 19.3. The molecule has 0 unspecified atom stereocenters. The van der Waals surface area contributed by atoms with E-state index in [0.717, 1.165) is 6.42 Å². The molecule has 11 rings (SSSR count). The van der Waals surface area contributed by atoms with Crippen LogP contribution in [0.5, 0.6) is 0 Å². The van der Waals surface area contributed by atoms with E-state index in [1.54, 1.807) is 0 Å². The molecular formula is C58H57BN2. The summed E-state index contributed by atoms with van der Waals surface area (Å²) in [7, 11) is 0. The molecule has 2 aliphatic heterocycles. The lowest BCUT2D eigenvalue weighted by atomic mass is 9.42. The molecule has 0 bridgehead atoms. The lowest BCUT2D eigenvalue weighted by Crippen LogP contribution is -2.62. The zero-order valence-electron chi connectivity index (χ0n) is 37.3. The Morgan fingerprint density at radius 3 is 1.98 bits per heavy atom. The maximum absolute atomic E-state index is 2.72. The van der Waals surface area contributed by atoms with Gasteiger partial charge >= 0.3 is 6.85 Å². The Morgan fingerprint density at radius 1 is 0.557 bits per heavy atom. The second-order valence-electron chi connectivity index (χ2n) is 20.3. The largest absolute Gasteiger partial charge is 0.376 e. The van der Waals surface area contributed by atoms with Crippen molar-refractivity contribution in [2.75, 3.05) is 9.71 Å². The first-order chi connectivity index (χ1) is 29.4. The van der Waals surface area contributed by atoms with Crippen molar-refractivity contribution in [3.63, 3.8) is 0 Å². The van der Waals surface area contributed by atoms with Crippen molar-refractivity contribution in [1.29, 1.82) is 0 Å². The highest BCUT2D eigenvalue weighted by Gasteiger charge is 2.50. The van der Waals surface area contributed by atoms with Crippen LogP contribution in [0.4, 0.5) is 28.4 Å². The maximum Gasteiger partial charge on any atom is 0.333 e. The molecule has 3 heteroatoms. The number of hydrogen-bond acceptors (Lipinski definition) is 2. The molecule has 0 amide bonds. The van der Waals surface area contributed by atoms with Crippen LogP contribution >= 0.6 is 0 Å². The van der Waals surface area contributed by atoms with Crippen LogP contribution in [0.15, 0.2) is 140 Å². The highest BCUT2D eigenvalue weighted by molar-refractivity contribution is 6.93. The summed E-state index contributed by atoms with van der Waals surface area (Å²) in [5.41, 5.74) is 25.6. The molecule has 2 nitrogen and oxygen atoms in total.